The van der Waals surface area contributed by atoms with Gasteiger partial charge in [-0.1, -0.05) is 11.6 Å². The Bertz CT molecular complexity index is 1170. The van der Waals surface area contributed by atoms with Crippen LogP contribution in [0.2, 0.25) is 5.02 Å². The number of rotatable bonds is 7. The molecule has 0 aliphatic carbocycles. The first-order valence-electron chi connectivity index (χ1n) is 10.3. The summed E-state index contributed by atoms with van der Waals surface area (Å²) < 4.78 is 31.1. The van der Waals surface area contributed by atoms with E-state index < -0.39 is 10.0 Å². The third-order valence-electron chi connectivity index (χ3n) is 4.86. The standard InChI is InChI=1S/C22H24ClN5O3S/c1-32(29,30)27-18-9-11-19(12-10-18)31-22-25-20(24-17-7-5-16(23)6-8-17)15-21(26-22)28-13-3-2-4-14-28/h5-12,15,27H,2-4,13-14H2,1H3,(H,24,25,26). The van der Waals surface area contributed by atoms with Crippen LogP contribution in [0.25, 0.3) is 0 Å². The maximum atomic E-state index is 11.4. The maximum absolute atomic E-state index is 11.4. The van der Waals surface area contributed by atoms with Crippen molar-refractivity contribution >= 4 is 44.6 Å². The van der Waals surface area contributed by atoms with E-state index in [0.717, 1.165) is 43.7 Å². The lowest BCUT2D eigenvalue weighted by molar-refractivity contribution is 0.441. The molecule has 8 nitrogen and oxygen atoms in total. The molecule has 2 N–H and O–H groups in total. The summed E-state index contributed by atoms with van der Waals surface area (Å²) >= 11 is 5.99. The minimum Gasteiger partial charge on any atom is -0.424 e. The lowest BCUT2D eigenvalue weighted by Crippen LogP contribution is -2.30. The van der Waals surface area contributed by atoms with Gasteiger partial charge in [-0.3, -0.25) is 4.72 Å². The number of ether oxygens (including phenoxy) is 1. The highest BCUT2D eigenvalue weighted by atomic mass is 35.5. The molecule has 0 spiro atoms. The molecule has 1 aromatic heterocycles. The van der Waals surface area contributed by atoms with Gasteiger partial charge in [0.25, 0.3) is 0 Å². The number of hydrogen-bond acceptors (Lipinski definition) is 7. The molecule has 4 rings (SSSR count). The molecule has 0 unspecified atom stereocenters. The second-order valence-corrected chi connectivity index (χ2v) is 9.76. The molecule has 1 aliphatic rings. The van der Waals surface area contributed by atoms with Crippen molar-refractivity contribution in [2.24, 2.45) is 0 Å². The third-order valence-corrected chi connectivity index (χ3v) is 5.71. The molecule has 0 saturated carbocycles. The zero-order chi connectivity index (χ0) is 22.6. The quantitative estimate of drug-likeness (QED) is 0.496. The molecule has 1 saturated heterocycles. The second kappa shape index (κ2) is 9.62. The molecule has 0 radical (unpaired) electrons. The van der Waals surface area contributed by atoms with Gasteiger partial charge in [0.15, 0.2) is 0 Å². The molecule has 3 aromatic rings. The van der Waals surface area contributed by atoms with Gasteiger partial charge in [-0.15, -0.1) is 0 Å². The van der Waals surface area contributed by atoms with Crippen LogP contribution in [0.5, 0.6) is 11.8 Å². The van der Waals surface area contributed by atoms with Crippen LogP contribution in [-0.4, -0.2) is 37.7 Å². The zero-order valence-corrected chi connectivity index (χ0v) is 19.2. The first-order valence-corrected chi connectivity index (χ1v) is 12.5. The van der Waals surface area contributed by atoms with Crippen molar-refractivity contribution in [1.82, 2.24) is 9.97 Å². The van der Waals surface area contributed by atoms with E-state index in [1.165, 1.54) is 6.42 Å². The summed E-state index contributed by atoms with van der Waals surface area (Å²) in [6.45, 7) is 1.87. The lowest BCUT2D eigenvalue weighted by Gasteiger charge is -2.28. The van der Waals surface area contributed by atoms with Crippen molar-refractivity contribution in [3.63, 3.8) is 0 Å². The van der Waals surface area contributed by atoms with Crippen molar-refractivity contribution in [1.29, 1.82) is 0 Å². The third kappa shape index (κ3) is 6.24. The summed E-state index contributed by atoms with van der Waals surface area (Å²) in [5, 5.41) is 3.94. The van der Waals surface area contributed by atoms with Crippen LogP contribution in [0.1, 0.15) is 19.3 Å². The molecular formula is C22H24ClN5O3S. The highest BCUT2D eigenvalue weighted by Gasteiger charge is 2.16. The molecule has 168 valence electrons. The number of hydrogen-bond donors (Lipinski definition) is 2. The minimum atomic E-state index is -3.34. The van der Waals surface area contributed by atoms with Crippen LogP contribution in [0, 0.1) is 0 Å². The van der Waals surface area contributed by atoms with Gasteiger partial charge in [-0.05, 0) is 67.8 Å². The first-order chi connectivity index (χ1) is 15.3. The zero-order valence-electron chi connectivity index (χ0n) is 17.6. The summed E-state index contributed by atoms with van der Waals surface area (Å²) in [5.74, 6) is 1.90. The van der Waals surface area contributed by atoms with Gasteiger partial charge in [0, 0.05) is 35.6 Å². The molecular weight excluding hydrogens is 450 g/mol. The molecule has 0 atom stereocenters. The van der Waals surface area contributed by atoms with E-state index in [2.05, 4.69) is 24.9 Å². The molecule has 0 amide bonds. The fraction of sp³-hybridized carbons (Fsp3) is 0.273. The second-order valence-electron chi connectivity index (χ2n) is 7.57. The van der Waals surface area contributed by atoms with E-state index in [9.17, 15) is 8.42 Å². The van der Waals surface area contributed by atoms with Crippen molar-refractivity contribution in [3.8, 4) is 11.8 Å². The number of sulfonamides is 1. The van der Waals surface area contributed by atoms with Crippen LogP contribution in [-0.2, 0) is 10.0 Å². The molecule has 10 heteroatoms. The van der Waals surface area contributed by atoms with E-state index in [1.54, 1.807) is 36.4 Å². The predicted octanol–water partition coefficient (Wildman–Crippen LogP) is 5.03. The maximum Gasteiger partial charge on any atom is 0.325 e. The lowest BCUT2D eigenvalue weighted by atomic mass is 10.1. The topological polar surface area (TPSA) is 96.5 Å². The predicted molar refractivity (Wildman–Crippen MR) is 128 cm³/mol. The number of benzene rings is 2. The van der Waals surface area contributed by atoms with Crippen molar-refractivity contribution in [2.45, 2.75) is 19.3 Å². The molecule has 1 fully saturated rings. The minimum absolute atomic E-state index is 0.202. The van der Waals surface area contributed by atoms with Gasteiger partial charge >= 0.3 is 6.01 Å². The van der Waals surface area contributed by atoms with Gasteiger partial charge in [0.2, 0.25) is 10.0 Å². The Kier molecular flexibility index (Phi) is 6.66. The van der Waals surface area contributed by atoms with E-state index in [-0.39, 0.29) is 6.01 Å². The number of nitrogens with one attached hydrogen (secondary N) is 2. The summed E-state index contributed by atoms with van der Waals surface area (Å²) in [4.78, 5) is 11.3. The fourth-order valence-electron chi connectivity index (χ4n) is 3.40. The summed E-state index contributed by atoms with van der Waals surface area (Å²) in [5.41, 5.74) is 1.30. The molecule has 2 heterocycles. The molecule has 2 aromatic carbocycles. The van der Waals surface area contributed by atoms with Crippen LogP contribution in [0.15, 0.2) is 54.6 Å². The largest absolute Gasteiger partial charge is 0.424 e. The van der Waals surface area contributed by atoms with Gasteiger partial charge in [-0.2, -0.15) is 9.97 Å². The Hall–Kier alpha value is -3.04. The SMILES string of the molecule is CS(=O)(=O)Nc1ccc(Oc2nc(Nc3ccc(Cl)cc3)cc(N3CCCCC3)n2)cc1. The summed E-state index contributed by atoms with van der Waals surface area (Å²) in [6, 6.07) is 16.0. The summed E-state index contributed by atoms with van der Waals surface area (Å²) in [7, 11) is -3.34. The summed E-state index contributed by atoms with van der Waals surface area (Å²) in [6.07, 6.45) is 4.56. The molecule has 32 heavy (non-hydrogen) atoms. The number of piperidine rings is 1. The normalized spacial score (nSPS) is 14.1. The van der Waals surface area contributed by atoms with Crippen molar-refractivity contribution in [3.05, 3.63) is 59.6 Å². The Balaban J connectivity index is 1.58. The Morgan fingerprint density at radius 3 is 2.25 bits per heavy atom. The van der Waals surface area contributed by atoms with Crippen LogP contribution >= 0.6 is 11.6 Å². The monoisotopic (exact) mass is 473 g/mol. The molecule has 1 aliphatic heterocycles. The Morgan fingerprint density at radius 2 is 1.59 bits per heavy atom. The van der Waals surface area contributed by atoms with Gasteiger partial charge in [0.05, 0.1) is 6.26 Å². The van der Waals surface area contributed by atoms with E-state index >= 15 is 0 Å². The first kappa shape index (κ1) is 22.2. The Labute approximate surface area is 192 Å². The number of halogens is 1. The molecule has 0 bridgehead atoms. The van der Waals surface area contributed by atoms with Gasteiger partial charge < -0.3 is 15.0 Å². The average Bonchev–Trinajstić information content (AvgIpc) is 2.76. The van der Waals surface area contributed by atoms with E-state index in [0.29, 0.717) is 22.3 Å². The highest BCUT2D eigenvalue weighted by Crippen LogP contribution is 2.28. The van der Waals surface area contributed by atoms with Crippen LogP contribution in [0.3, 0.4) is 0 Å². The van der Waals surface area contributed by atoms with Gasteiger partial charge in [-0.25, -0.2) is 8.42 Å². The smallest absolute Gasteiger partial charge is 0.325 e. The average molecular weight is 474 g/mol. The van der Waals surface area contributed by atoms with Crippen LogP contribution in [0.4, 0.5) is 23.0 Å². The fourth-order valence-corrected chi connectivity index (χ4v) is 4.09. The van der Waals surface area contributed by atoms with E-state index in [4.69, 9.17) is 16.3 Å². The number of aromatic nitrogens is 2. The van der Waals surface area contributed by atoms with Crippen molar-refractivity contribution < 1.29 is 13.2 Å². The number of nitrogens with zero attached hydrogens (tertiary/aromatic N) is 3. The Morgan fingerprint density at radius 1 is 0.938 bits per heavy atom. The van der Waals surface area contributed by atoms with Crippen LogP contribution < -0.4 is 19.7 Å². The highest BCUT2D eigenvalue weighted by molar-refractivity contribution is 7.92. The number of anilines is 4. The van der Waals surface area contributed by atoms with Gasteiger partial charge in [0.1, 0.15) is 17.4 Å². The van der Waals surface area contributed by atoms with E-state index in [1.807, 2.05) is 18.2 Å². The van der Waals surface area contributed by atoms with Crippen molar-refractivity contribution in [2.75, 3.05) is 34.3 Å².